The molecule has 0 amide bonds. The van der Waals surface area contributed by atoms with Gasteiger partial charge in [-0.25, -0.2) is 14.8 Å². The molecule has 7 nitrogen and oxygen atoms in total. The predicted octanol–water partition coefficient (Wildman–Crippen LogP) is 9.48. The molecule has 0 atom stereocenters. The summed E-state index contributed by atoms with van der Waals surface area (Å²) in [6.45, 7) is -0.748. The van der Waals surface area contributed by atoms with E-state index in [2.05, 4.69) is 30.6 Å². The van der Waals surface area contributed by atoms with E-state index in [1.165, 1.54) is 10.6 Å². The molecule has 15 heteroatoms. The molecule has 0 aliphatic rings. The van der Waals surface area contributed by atoms with Gasteiger partial charge in [0.05, 0.1) is 39.4 Å². The molecule has 0 bridgehead atoms. The van der Waals surface area contributed by atoms with Gasteiger partial charge in [0.25, 0.3) is 0 Å². The lowest BCUT2D eigenvalue weighted by Gasteiger charge is -2.09. The first-order valence-electron chi connectivity index (χ1n) is 12.7. The number of pyridine rings is 2. The number of imidazole rings is 2. The molecule has 4 aromatic heterocycles. The minimum absolute atomic E-state index is 0.156. The minimum atomic E-state index is -5.06. The fraction of sp³-hybridized carbons (Fsp3) is 0.100. The Morgan fingerprint density at radius 3 is 2.16 bits per heavy atom. The summed E-state index contributed by atoms with van der Waals surface area (Å²) in [5, 5.41) is 11.6. The number of alkyl halides is 3. The SMILES string of the molecule is O=C(OCc1c(-c2ccc(Br)cc2)nc2ccc(Cl)cn12)C(F)(F)F.OCc1c(-c2ccc(Cl)cc2Cl)nc2cc(Cl)ccn12. The smallest absolute Gasteiger partial charge is 0.453 e. The van der Waals surface area contributed by atoms with Crippen LogP contribution in [0.3, 0.4) is 0 Å². The molecule has 0 radical (unpaired) electrons. The van der Waals surface area contributed by atoms with Crippen LogP contribution in [-0.2, 0) is 22.7 Å². The summed E-state index contributed by atoms with van der Waals surface area (Å²) in [5.74, 6) is -2.26. The number of halogens is 8. The van der Waals surface area contributed by atoms with Crippen molar-refractivity contribution in [1.29, 1.82) is 0 Å². The van der Waals surface area contributed by atoms with Gasteiger partial charge in [-0.2, -0.15) is 13.2 Å². The van der Waals surface area contributed by atoms with Crippen molar-refractivity contribution in [3.8, 4) is 22.5 Å². The Morgan fingerprint density at radius 2 is 1.49 bits per heavy atom. The number of esters is 1. The summed E-state index contributed by atoms with van der Waals surface area (Å²) in [6.07, 6.45) is -1.79. The highest BCUT2D eigenvalue weighted by Crippen LogP contribution is 2.33. The quantitative estimate of drug-likeness (QED) is 0.177. The molecule has 0 spiro atoms. The third-order valence-corrected chi connectivity index (χ3v) is 7.93. The number of rotatable bonds is 5. The van der Waals surface area contributed by atoms with Crippen molar-refractivity contribution in [2.24, 2.45) is 0 Å². The number of aliphatic hydroxyl groups excluding tert-OH is 1. The molecule has 0 saturated heterocycles. The van der Waals surface area contributed by atoms with Gasteiger partial charge in [0.2, 0.25) is 0 Å². The molecule has 1 N–H and O–H groups in total. The zero-order valence-corrected chi connectivity index (χ0v) is 27.1. The third kappa shape index (κ3) is 7.40. The van der Waals surface area contributed by atoms with E-state index in [9.17, 15) is 23.1 Å². The van der Waals surface area contributed by atoms with E-state index in [-0.39, 0.29) is 12.3 Å². The molecule has 6 aromatic rings. The topological polar surface area (TPSA) is 81.1 Å². The molecular formula is C30H18BrCl4F3N4O3. The average molecular weight is 761 g/mol. The van der Waals surface area contributed by atoms with Crippen molar-refractivity contribution in [1.82, 2.24) is 18.8 Å². The summed E-state index contributed by atoms with van der Waals surface area (Å²) in [4.78, 5) is 20.0. The summed E-state index contributed by atoms with van der Waals surface area (Å²) in [5.41, 5.74) is 4.49. The van der Waals surface area contributed by atoms with Crippen molar-refractivity contribution >= 4 is 79.6 Å². The van der Waals surface area contributed by atoms with E-state index >= 15 is 0 Å². The van der Waals surface area contributed by atoms with Crippen LogP contribution >= 0.6 is 62.3 Å². The van der Waals surface area contributed by atoms with Gasteiger partial charge < -0.3 is 14.2 Å². The minimum Gasteiger partial charge on any atom is -0.453 e. The zero-order chi connectivity index (χ0) is 32.5. The van der Waals surface area contributed by atoms with Crippen molar-refractivity contribution < 1.29 is 27.8 Å². The molecule has 0 aliphatic heterocycles. The number of aliphatic hydroxyl groups is 1. The maximum Gasteiger partial charge on any atom is 0.490 e. The van der Waals surface area contributed by atoms with Crippen molar-refractivity contribution in [3.05, 3.63) is 115 Å². The molecule has 6 rings (SSSR count). The normalized spacial score (nSPS) is 11.5. The van der Waals surface area contributed by atoms with Crippen LogP contribution in [0, 0.1) is 0 Å². The van der Waals surface area contributed by atoms with Crippen LogP contribution in [-0.4, -0.2) is 36.0 Å². The summed E-state index contributed by atoms with van der Waals surface area (Å²) in [7, 11) is 0. The molecule has 232 valence electrons. The summed E-state index contributed by atoms with van der Waals surface area (Å²) < 4.78 is 45.7. The maximum atomic E-state index is 12.4. The molecule has 4 heterocycles. The fourth-order valence-corrected chi connectivity index (χ4v) is 5.46. The highest BCUT2D eigenvalue weighted by Gasteiger charge is 2.41. The van der Waals surface area contributed by atoms with Crippen LogP contribution < -0.4 is 0 Å². The largest absolute Gasteiger partial charge is 0.490 e. The lowest BCUT2D eigenvalue weighted by Crippen LogP contribution is -2.25. The van der Waals surface area contributed by atoms with Gasteiger partial charge >= 0.3 is 12.1 Å². The number of fused-ring (bicyclic) bond motifs is 2. The van der Waals surface area contributed by atoms with E-state index < -0.39 is 18.8 Å². The van der Waals surface area contributed by atoms with E-state index in [1.807, 2.05) is 0 Å². The van der Waals surface area contributed by atoms with Crippen LogP contribution in [0.1, 0.15) is 11.4 Å². The van der Waals surface area contributed by atoms with Crippen LogP contribution in [0.2, 0.25) is 20.1 Å². The number of carbonyl (C=O) groups excluding carboxylic acids is 1. The van der Waals surface area contributed by atoms with Gasteiger partial charge in [-0.05, 0) is 48.5 Å². The average Bonchev–Trinajstić information content (AvgIpc) is 3.53. The number of ether oxygens (including phenoxy) is 1. The summed E-state index contributed by atoms with van der Waals surface area (Å²) >= 11 is 27.3. The Morgan fingerprint density at radius 1 is 0.822 bits per heavy atom. The van der Waals surface area contributed by atoms with E-state index in [0.717, 1.165) is 10.0 Å². The van der Waals surface area contributed by atoms with Crippen LogP contribution in [0.15, 0.2) is 83.6 Å². The number of aromatic nitrogens is 4. The van der Waals surface area contributed by atoms with E-state index in [1.54, 1.807) is 77.3 Å². The predicted molar refractivity (Wildman–Crippen MR) is 171 cm³/mol. The molecule has 0 aliphatic carbocycles. The van der Waals surface area contributed by atoms with Gasteiger partial charge in [-0.3, -0.25) is 4.40 Å². The number of hydrogen-bond donors (Lipinski definition) is 1. The summed E-state index contributed by atoms with van der Waals surface area (Å²) in [6, 6.07) is 18.9. The first-order valence-corrected chi connectivity index (χ1v) is 15.1. The Balaban J connectivity index is 0.000000182. The maximum absolute atomic E-state index is 12.4. The van der Waals surface area contributed by atoms with Crippen molar-refractivity contribution in [2.75, 3.05) is 0 Å². The fourth-order valence-electron chi connectivity index (χ4n) is 4.38. The second kappa shape index (κ2) is 13.6. The Kier molecular flexibility index (Phi) is 9.97. The molecule has 0 unspecified atom stereocenters. The zero-order valence-electron chi connectivity index (χ0n) is 22.5. The first-order chi connectivity index (χ1) is 21.3. The van der Waals surface area contributed by atoms with Gasteiger partial charge in [0, 0.05) is 44.1 Å². The lowest BCUT2D eigenvalue weighted by molar-refractivity contribution is -0.201. The van der Waals surface area contributed by atoms with Gasteiger partial charge in [-0.1, -0.05) is 74.5 Å². The highest BCUT2D eigenvalue weighted by atomic mass is 79.9. The van der Waals surface area contributed by atoms with Crippen LogP contribution in [0.25, 0.3) is 33.8 Å². The van der Waals surface area contributed by atoms with Gasteiger partial charge in [0.15, 0.2) is 0 Å². The third-order valence-electron chi connectivity index (χ3n) is 6.39. The van der Waals surface area contributed by atoms with Gasteiger partial charge in [0.1, 0.15) is 17.9 Å². The highest BCUT2D eigenvalue weighted by molar-refractivity contribution is 9.10. The number of nitrogens with zero attached hydrogens (tertiary/aromatic N) is 4. The molecule has 2 aromatic carbocycles. The first kappa shape index (κ1) is 33.1. The van der Waals surface area contributed by atoms with E-state index in [0.29, 0.717) is 54.0 Å². The monoisotopic (exact) mass is 758 g/mol. The number of carbonyl (C=O) groups is 1. The van der Waals surface area contributed by atoms with Gasteiger partial charge in [-0.15, -0.1) is 0 Å². The Hall–Kier alpha value is -3.32. The van der Waals surface area contributed by atoms with Crippen molar-refractivity contribution in [2.45, 2.75) is 19.4 Å². The van der Waals surface area contributed by atoms with Crippen LogP contribution in [0.4, 0.5) is 13.2 Å². The van der Waals surface area contributed by atoms with Crippen molar-refractivity contribution in [3.63, 3.8) is 0 Å². The lowest BCUT2D eigenvalue weighted by atomic mass is 10.1. The standard InChI is InChI=1S/C16H9BrClF3N2O2.C14H9Cl3N2O/c17-10-3-1-9(2-4-10)14-12(8-25-15(24)16(19,20)21)23-7-11(18)5-6-13(23)22-14;15-8-1-2-10(11(17)5-8)14-12(7-20)19-4-3-9(16)6-13(19)18-14/h1-7H,8H2;1-6,20H,7H2. The van der Waals surface area contributed by atoms with Crippen LogP contribution in [0.5, 0.6) is 0 Å². The second-order valence-corrected chi connectivity index (χ2v) is 12.0. The molecule has 45 heavy (non-hydrogen) atoms. The molecular weight excluding hydrogens is 743 g/mol. The number of hydrogen-bond acceptors (Lipinski definition) is 5. The Bertz CT molecular complexity index is 2030. The molecule has 0 fully saturated rings. The number of benzene rings is 2. The molecule has 0 saturated carbocycles. The Labute approximate surface area is 281 Å². The second-order valence-electron chi connectivity index (χ2n) is 9.33. The van der Waals surface area contributed by atoms with E-state index in [4.69, 9.17) is 46.4 Å².